The quantitative estimate of drug-likeness (QED) is 0.377. The zero-order valence-corrected chi connectivity index (χ0v) is 19.6. The van der Waals surface area contributed by atoms with Crippen molar-refractivity contribution in [2.24, 2.45) is 4.99 Å². The monoisotopic (exact) mass is 508 g/mol. The highest BCUT2D eigenvalue weighted by Gasteiger charge is 2.24. The van der Waals surface area contributed by atoms with Crippen LogP contribution in [0.1, 0.15) is 19.4 Å². The number of halogens is 2. The minimum atomic E-state index is -0.259. The van der Waals surface area contributed by atoms with Gasteiger partial charge in [0, 0.05) is 51.9 Å². The van der Waals surface area contributed by atoms with Gasteiger partial charge in [-0.15, -0.1) is 24.0 Å². The molecule has 27 heavy (non-hydrogen) atoms. The summed E-state index contributed by atoms with van der Waals surface area (Å²) in [7, 11) is 3.48. The topological polar surface area (TPSA) is 57.2 Å². The van der Waals surface area contributed by atoms with E-state index in [1.54, 1.807) is 14.2 Å². The fourth-order valence-corrected chi connectivity index (χ4v) is 3.01. The maximum Gasteiger partial charge on any atom is 0.227 e. The van der Waals surface area contributed by atoms with Crippen molar-refractivity contribution in [3.63, 3.8) is 0 Å². The normalized spacial score (nSPS) is 15.4. The summed E-state index contributed by atoms with van der Waals surface area (Å²) >= 11 is 6.00. The number of amides is 1. The second-order valence-electron chi connectivity index (χ2n) is 7.04. The van der Waals surface area contributed by atoms with Crippen LogP contribution in [0.15, 0.2) is 29.3 Å². The molecule has 0 aliphatic carbocycles. The number of rotatable bonds is 5. The van der Waals surface area contributed by atoms with Gasteiger partial charge in [-0.1, -0.05) is 23.7 Å². The van der Waals surface area contributed by atoms with Gasteiger partial charge in [-0.3, -0.25) is 9.79 Å². The molecule has 6 nitrogen and oxygen atoms in total. The number of ether oxygens (including phenoxy) is 1. The zero-order chi connectivity index (χ0) is 19.2. The molecule has 1 N–H and O–H groups in total. The Hall–Kier alpha value is -1.06. The van der Waals surface area contributed by atoms with E-state index >= 15 is 0 Å². The van der Waals surface area contributed by atoms with E-state index in [4.69, 9.17) is 16.3 Å². The van der Waals surface area contributed by atoms with Crippen molar-refractivity contribution in [2.45, 2.75) is 25.9 Å². The lowest BCUT2D eigenvalue weighted by Crippen LogP contribution is -2.55. The average Bonchev–Trinajstić information content (AvgIpc) is 2.62. The molecular weight excluding hydrogens is 479 g/mol. The maximum absolute atomic E-state index is 12.5. The molecule has 2 rings (SSSR count). The predicted octanol–water partition coefficient (Wildman–Crippen LogP) is 2.65. The van der Waals surface area contributed by atoms with E-state index in [2.05, 4.69) is 15.2 Å². The van der Waals surface area contributed by atoms with Crippen LogP contribution in [0, 0.1) is 0 Å². The number of nitrogens with one attached hydrogen (secondary N) is 1. The van der Waals surface area contributed by atoms with E-state index in [1.807, 2.05) is 43.0 Å². The number of hydrogen-bond acceptors (Lipinski definition) is 3. The van der Waals surface area contributed by atoms with Crippen molar-refractivity contribution in [3.05, 3.63) is 34.9 Å². The van der Waals surface area contributed by atoms with E-state index in [0.29, 0.717) is 31.1 Å². The van der Waals surface area contributed by atoms with Crippen molar-refractivity contribution in [3.8, 4) is 0 Å². The Bertz CT molecular complexity index is 646. The summed E-state index contributed by atoms with van der Waals surface area (Å²) in [5, 5.41) is 4.01. The van der Waals surface area contributed by atoms with Crippen LogP contribution in [0.4, 0.5) is 0 Å². The molecule has 1 fully saturated rings. The summed E-state index contributed by atoms with van der Waals surface area (Å²) < 4.78 is 5.44. The summed E-state index contributed by atoms with van der Waals surface area (Å²) in [6.45, 7) is 7.62. The second kappa shape index (κ2) is 11.1. The van der Waals surface area contributed by atoms with Crippen LogP contribution < -0.4 is 5.32 Å². The lowest BCUT2D eigenvalue weighted by atomic mass is 10.1. The molecule has 1 aliphatic rings. The molecule has 0 bridgehead atoms. The third kappa shape index (κ3) is 7.46. The van der Waals surface area contributed by atoms with Gasteiger partial charge < -0.3 is 19.9 Å². The fourth-order valence-electron chi connectivity index (χ4n) is 2.80. The third-order valence-corrected chi connectivity index (χ3v) is 4.85. The fraction of sp³-hybridized carbons (Fsp3) is 0.579. The molecular formula is C19H30ClIN4O2. The molecule has 1 aromatic rings. The number of guanidine groups is 1. The highest BCUT2D eigenvalue weighted by atomic mass is 127. The highest BCUT2D eigenvalue weighted by Crippen LogP contribution is 2.13. The minimum absolute atomic E-state index is 0. The molecule has 0 unspecified atom stereocenters. The van der Waals surface area contributed by atoms with Crippen LogP contribution in [0.25, 0.3) is 0 Å². The van der Waals surface area contributed by atoms with Gasteiger partial charge in [-0.25, -0.2) is 0 Å². The molecule has 1 amide bonds. The van der Waals surface area contributed by atoms with Gasteiger partial charge >= 0.3 is 0 Å². The number of carbonyl (C=O) groups is 1. The third-order valence-electron chi connectivity index (χ3n) is 4.61. The van der Waals surface area contributed by atoms with Crippen molar-refractivity contribution in [1.82, 2.24) is 15.1 Å². The highest BCUT2D eigenvalue weighted by molar-refractivity contribution is 14.0. The molecule has 0 spiro atoms. The standard InChI is InChI=1S/C19H29ClN4O2.HI/c1-19(2,26-4)14-22-18(21-3)24-10-8-23(9-11-24)17(25)13-15-6-5-7-16(20)12-15;/h5-7,12H,8-11,13-14H2,1-4H3,(H,21,22);1H. The summed E-state index contributed by atoms with van der Waals surface area (Å²) in [6.07, 6.45) is 0.384. The molecule has 1 aliphatic heterocycles. The maximum atomic E-state index is 12.5. The second-order valence-corrected chi connectivity index (χ2v) is 7.48. The van der Waals surface area contributed by atoms with Gasteiger partial charge in [-0.05, 0) is 31.5 Å². The van der Waals surface area contributed by atoms with E-state index < -0.39 is 0 Å². The Morgan fingerprint density at radius 1 is 1.26 bits per heavy atom. The van der Waals surface area contributed by atoms with Crippen molar-refractivity contribution >= 4 is 47.4 Å². The summed E-state index contributed by atoms with van der Waals surface area (Å²) in [6, 6.07) is 7.47. The van der Waals surface area contributed by atoms with E-state index in [-0.39, 0.29) is 35.5 Å². The summed E-state index contributed by atoms with van der Waals surface area (Å²) in [5.74, 6) is 0.979. The van der Waals surface area contributed by atoms with Gasteiger partial charge in [0.25, 0.3) is 0 Å². The van der Waals surface area contributed by atoms with Crippen LogP contribution >= 0.6 is 35.6 Å². The summed E-state index contributed by atoms with van der Waals surface area (Å²) in [4.78, 5) is 21.0. The largest absolute Gasteiger partial charge is 0.377 e. The van der Waals surface area contributed by atoms with Crippen LogP contribution in [-0.2, 0) is 16.0 Å². The number of hydrogen-bond donors (Lipinski definition) is 1. The van der Waals surface area contributed by atoms with Gasteiger partial charge in [0.1, 0.15) is 0 Å². The SMILES string of the molecule is CN=C(NCC(C)(C)OC)N1CCN(C(=O)Cc2cccc(Cl)c2)CC1.I. The Labute approximate surface area is 184 Å². The molecule has 0 atom stereocenters. The Kier molecular flexibility index (Phi) is 9.83. The molecule has 0 aromatic heterocycles. The first-order valence-corrected chi connectivity index (χ1v) is 9.25. The molecule has 1 aromatic carbocycles. The molecule has 0 radical (unpaired) electrons. The van der Waals surface area contributed by atoms with E-state index in [9.17, 15) is 4.79 Å². The lowest BCUT2D eigenvalue weighted by molar-refractivity contribution is -0.131. The van der Waals surface area contributed by atoms with Crippen LogP contribution in [0.2, 0.25) is 5.02 Å². The van der Waals surface area contributed by atoms with Gasteiger partial charge in [0.15, 0.2) is 5.96 Å². The molecule has 8 heteroatoms. The summed E-state index contributed by atoms with van der Waals surface area (Å²) in [5.41, 5.74) is 0.689. The van der Waals surface area contributed by atoms with Crippen LogP contribution in [0.5, 0.6) is 0 Å². The number of carbonyl (C=O) groups excluding carboxylic acids is 1. The van der Waals surface area contributed by atoms with Gasteiger partial charge in [0.05, 0.1) is 12.0 Å². The van der Waals surface area contributed by atoms with Crippen molar-refractivity contribution < 1.29 is 9.53 Å². The van der Waals surface area contributed by atoms with Gasteiger partial charge in [0.2, 0.25) is 5.91 Å². The van der Waals surface area contributed by atoms with E-state index in [1.165, 1.54) is 0 Å². The molecule has 0 saturated carbocycles. The molecule has 152 valence electrons. The van der Waals surface area contributed by atoms with Gasteiger partial charge in [-0.2, -0.15) is 0 Å². The first-order valence-electron chi connectivity index (χ1n) is 8.87. The van der Waals surface area contributed by atoms with Crippen LogP contribution in [0.3, 0.4) is 0 Å². The first kappa shape index (κ1) is 24.0. The number of piperazine rings is 1. The Balaban J connectivity index is 0.00000364. The van der Waals surface area contributed by atoms with E-state index in [0.717, 1.165) is 24.6 Å². The molecule has 1 heterocycles. The first-order chi connectivity index (χ1) is 12.3. The number of methoxy groups -OCH3 is 1. The van der Waals surface area contributed by atoms with Crippen LogP contribution in [-0.4, -0.2) is 74.1 Å². The predicted molar refractivity (Wildman–Crippen MR) is 121 cm³/mol. The Morgan fingerprint density at radius 3 is 2.44 bits per heavy atom. The zero-order valence-electron chi connectivity index (χ0n) is 16.5. The number of aliphatic imine (C=N–C) groups is 1. The Morgan fingerprint density at radius 2 is 1.89 bits per heavy atom. The number of benzene rings is 1. The lowest BCUT2D eigenvalue weighted by Gasteiger charge is -2.37. The van der Waals surface area contributed by atoms with Crippen molar-refractivity contribution in [2.75, 3.05) is 46.9 Å². The average molecular weight is 509 g/mol. The van der Waals surface area contributed by atoms with Crippen molar-refractivity contribution in [1.29, 1.82) is 0 Å². The minimum Gasteiger partial charge on any atom is -0.377 e. The smallest absolute Gasteiger partial charge is 0.227 e. The number of nitrogens with zero attached hydrogens (tertiary/aromatic N) is 3. The molecule has 1 saturated heterocycles.